The topological polar surface area (TPSA) is 50.4 Å². The van der Waals surface area contributed by atoms with Crippen LogP contribution in [0.15, 0.2) is 27.6 Å². The summed E-state index contributed by atoms with van der Waals surface area (Å²) in [5.74, 6) is 3.12. The van der Waals surface area contributed by atoms with Crippen LogP contribution in [-0.4, -0.2) is 10.7 Å². The molecule has 0 spiro atoms. The lowest BCUT2D eigenvalue weighted by molar-refractivity contribution is -0.203. The molecule has 1 heterocycles. The highest BCUT2D eigenvalue weighted by molar-refractivity contribution is 5.27. The third-order valence-electron chi connectivity index (χ3n) is 10.2. The van der Waals surface area contributed by atoms with Crippen LogP contribution >= 0.6 is 0 Å². The van der Waals surface area contributed by atoms with Gasteiger partial charge in [-0.3, -0.25) is 0 Å². The summed E-state index contributed by atoms with van der Waals surface area (Å²) in [5, 5.41) is 12.2. The quantitative estimate of drug-likeness (QED) is 0.694. The number of hydrogen-bond acceptors (Lipinski definition) is 3. The summed E-state index contributed by atoms with van der Waals surface area (Å²) in [6.07, 6.45) is 12.5. The summed E-state index contributed by atoms with van der Waals surface area (Å²) in [5.41, 5.74) is 0.545. The van der Waals surface area contributed by atoms with Gasteiger partial charge in [-0.2, -0.15) is 0 Å². The normalized spacial score (nSPS) is 50.5. The van der Waals surface area contributed by atoms with Crippen LogP contribution in [0.5, 0.6) is 0 Å². The van der Waals surface area contributed by atoms with Crippen LogP contribution in [0, 0.1) is 34.5 Å². The fourth-order valence-corrected chi connectivity index (χ4v) is 8.54. The molecule has 1 aromatic rings. The Labute approximate surface area is 168 Å². The molecule has 2 unspecified atom stereocenters. The maximum Gasteiger partial charge on any atom is 0.335 e. The minimum Gasteiger partial charge on any atom is -0.431 e. The summed E-state index contributed by atoms with van der Waals surface area (Å²) in [7, 11) is 0. The Bertz CT molecular complexity index is 794. The second-order valence-corrected chi connectivity index (χ2v) is 11.2. The van der Waals surface area contributed by atoms with Crippen molar-refractivity contribution in [2.45, 2.75) is 90.1 Å². The molecule has 0 bridgehead atoms. The van der Waals surface area contributed by atoms with Crippen molar-refractivity contribution in [3.8, 4) is 0 Å². The minimum atomic E-state index is -0.576. The van der Waals surface area contributed by atoms with Gasteiger partial charge < -0.3 is 9.52 Å². The Hall–Kier alpha value is -1.09. The minimum absolute atomic E-state index is 0.112. The van der Waals surface area contributed by atoms with Crippen molar-refractivity contribution in [2.24, 2.45) is 34.5 Å². The van der Waals surface area contributed by atoms with Crippen molar-refractivity contribution < 1.29 is 9.52 Å². The van der Waals surface area contributed by atoms with E-state index in [9.17, 15) is 9.90 Å². The maximum absolute atomic E-state index is 12.2. The van der Waals surface area contributed by atoms with E-state index in [1.165, 1.54) is 44.6 Å². The van der Waals surface area contributed by atoms with Gasteiger partial charge in [0.25, 0.3) is 0 Å². The third-order valence-corrected chi connectivity index (χ3v) is 10.2. The van der Waals surface area contributed by atoms with Crippen LogP contribution in [0.4, 0.5) is 0 Å². The largest absolute Gasteiger partial charge is 0.431 e. The first-order valence-electron chi connectivity index (χ1n) is 11.6. The second kappa shape index (κ2) is 6.20. The monoisotopic (exact) mass is 384 g/mol. The predicted octanol–water partition coefficient (Wildman–Crippen LogP) is 5.52. The molecule has 8 atom stereocenters. The molecule has 3 heteroatoms. The van der Waals surface area contributed by atoms with Gasteiger partial charge in [-0.25, -0.2) is 4.79 Å². The molecule has 4 fully saturated rings. The zero-order valence-electron chi connectivity index (χ0n) is 17.7. The lowest BCUT2D eigenvalue weighted by Crippen LogP contribution is -2.61. The Morgan fingerprint density at radius 2 is 1.82 bits per heavy atom. The van der Waals surface area contributed by atoms with Crippen molar-refractivity contribution in [1.29, 1.82) is 0 Å². The second-order valence-electron chi connectivity index (χ2n) is 11.2. The number of aliphatic hydroxyl groups is 1. The standard InChI is InChI=1S/C25H36O3/c1-16-8-11-23(2)18(14-16)5-6-21-20(23)9-12-24(3)19(10-13-25(21,24)27)17-4-7-22(26)28-15-17/h4,7,15-16,18-21,27H,5-6,8-14H2,1-3H3/t16-,18+,19+,20?,21?,23-,24+,25-/m0/s1. The Balaban J connectivity index is 1.48. The van der Waals surface area contributed by atoms with Crippen LogP contribution in [0.25, 0.3) is 0 Å². The average Bonchev–Trinajstić information content (AvgIpc) is 2.95. The SMILES string of the molecule is C[C@H]1CC[C@]2(C)C3CC[C@]4(C)[C@@H](c5ccc(=O)oc5)CC[C@]4(O)C3CC[C@@H]2C1. The smallest absolute Gasteiger partial charge is 0.335 e. The van der Waals surface area contributed by atoms with E-state index in [4.69, 9.17) is 4.42 Å². The molecular weight excluding hydrogens is 348 g/mol. The highest BCUT2D eigenvalue weighted by Gasteiger charge is 2.67. The van der Waals surface area contributed by atoms with Gasteiger partial charge in [0.1, 0.15) is 0 Å². The highest BCUT2D eigenvalue weighted by atomic mass is 16.4. The number of rotatable bonds is 1. The van der Waals surface area contributed by atoms with E-state index < -0.39 is 5.60 Å². The first kappa shape index (κ1) is 18.9. The van der Waals surface area contributed by atoms with E-state index in [-0.39, 0.29) is 11.0 Å². The van der Waals surface area contributed by atoms with Crippen molar-refractivity contribution in [3.05, 3.63) is 34.4 Å². The summed E-state index contributed by atoms with van der Waals surface area (Å²) in [6, 6.07) is 3.47. The lowest BCUT2D eigenvalue weighted by Gasteiger charge is -2.63. The highest BCUT2D eigenvalue weighted by Crippen LogP contribution is 2.70. The van der Waals surface area contributed by atoms with Crippen molar-refractivity contribution in [1.82, 2.24) is 0 Å². The lowest BCUT2D eigenvalue weighted by atomic mass is 9.43. The molecule has 28 heavy (non-hydrogen) atoms. The van der Waals surface area contributed by atoms with E-state index in [0.717, 1.165) is 36.7 Å². The first-order chi connectivity index (χ1) is 13.3. The van der Waals surface area contributed by atoms with Gasteiger partial charge in [0.05, 0.1) is 11.9 Å². The van der Waals surface area contributed by atoms with Gasteiger partial charge in [-0.1, -0.05) is 27.2 Å². The summed E-state index contributed by atoms with van der Waals surface area (Å²) in [6.45, 7) is 7.31. The zero-order chi connectivity index (χ0) is 19.7. The molecule has 0 saturated heterocycles. The average molecular weight is 385 g/mol. The van der Waals surface area contributed by atoms with Crippen LogP contribution in [-0.2, 0) is 0 Å². The van der Waals surface area contributed by atoms with Gasteiger partial charge in [0.15, 0.2) is 0 Å². The fourth-order valence-electron chi connectivity index (χ4n) is 8.54. The van der Waals surface area contributed by atoms with Gasteiger partial charge in [0, 0.05) is 11.5 Å². The first-order valence-corrected chi connectivity index (χ1v) is 11.6. The van der Waals surface area contributed by atoms with E-state index >= 15 is 0 Å². The molecule has 4 saturated carbocycles. The third kappa shape index (κ3) is 2.41. The predicted molar refractivity (Wildman–Crippen MR) is 110 cm³/mol. The zero-order valence-corrected chi connectivity index (χ0v) is 17.7. The van der Waals surface area contributed by atoms with Crippen molar-refractivity contribution >= 4 is 0 Å². The summed E-state index contributed by atoms with van der Waals surface area (Å²) >= 11 is 0. The van der Waals surface area contributed by atoms with Crippen LogP contribution in [0.1, 0.15) is 90.0 Å². The molecule has 0 aliphatic heterocycles. The van der Waals surface area contributed by atoms with Gasteiger partial charge in [0.2, 0.25) is 0 Å². The summed E-state index contributed by atoms with van der Waals surface area (Å²) < 4.78 is 5.19. The van der Waals surface area contributed by atoms with Gasteiger partial charge in [-0.05, 0) is 98.0 Å². The van der Waals surface area contributed by atoms with Crippen LogP contribution in [0.3, 0.4) is 0 Å². The van der Waals surface area contributed by atoms with Crippen molar-refractivity contribution in [3.63, 3.8) is 0 Å². The maximum atomic E-state index is 12.2. The van der Waals surface area contributed by atoms with E-state index in [1.807, 2.05) is 6.07 Å². The van der Waals surface area contributed by atoms with Crippen molar-refractivity contribution in [2.75, 3.05) is 0 Å². The van der Waals surface area contributed by atoms with E-state index in [2.05, 4.69) is 20.8 Å². The Morgan fingerprint density at radius 1 is 1.00 bits per heavy atom. The molecule has 154 valence electrons. The fraction of sp³-hybridized carbons (Fsp3) is 0.800. The molecule has 4 aliphatic carbocycles. The Morgan fingerprint density at radius 3 is 2.57 bits per heavy atom. The van der Waals surface area contributed by atoms with Crippen LogP contribution < -0.4 is 5.63 Å². The molecule has 0 radical (unpaired) electrons. The summed E-state index contributed by atoms with van der Waals surface area (Å²) in [4.78, 5) is 11.4. The van der Waals surface area contributed by atoms with Gasteiger partial charge >= 0.3 is 5.63 Å². The molecular formula is C25H36O3. The molecule has 3 nitrogen and oxygen atoms in total. The molecule has 5 rings (SSSR count). The Kier molecular flexibility index (Phi) is 4.19. The molecule has 1 aromatic heterocycles. The molecule has 0 aromatic carbocycles. The molecule has 0 amide bonds. The number of fused-ring (bicyclic) bond motifs is 5. The van der Waals surface area contributed by atoms with Gasteiger partial charge in [-0.15, -0.1) is 0 Å². The van der Waals surface area contributed by atoms with E-state index in [0.29, 0.717) is 23.2 Å². The molecule has 1 N–H and O–H groups in total. The number of hydrogen-bond donors (Lipinski definition) is 1. The van der Waals surface area contributed by atoms with Crippen LogP contribution in [0.2, 0.25) is 0 Å². The van der Waals surface area contributed by atoms with E-state index in [1.54, 1.807) is 6.26 Å². The molecule has 4 aliphatic rings.